The summed E-state index contributed by atoms with van der Waals surface area (Å²) in [5, 5.41) is 6.33. The zero-order valence-corrected chi connectivity index (χ0v) is 11.6. The third-order valence-electron chi connectivity index (χ3n) is 2.40. The molecule has 0 aliphatic heterocycles. The third-order valence-corrected chi connectivity index (χ3v) is 3.09. The lowest BCUT2D eigenvalue weighted by molar-refractivity contribution is -0.120. The largest absolute Gasteiger partial charge is 0.368 e. The molecule has 102 valence electrons. The topological polar surface area (TPSA) is 104 Å². The van der Waals surface area contributed by atoms with Crippen LogP contribution in [-0.4, -0.2) is 19.0 Å². The Kier molecular flexibility index (Phi) is 6.27. The molecule has 8 heteroatoms. The summed E-state index contributed by atoms with van der Waals surface area (Å²) >= 11 is 3.20. The first-order valence-corrected chi connectivity index (χ1v) is 6.34. The third kappa shape index (κ3) is 4.86. The Bertz CT molecular complexity index is 504. The highest BCUT2D eigenvalue weighted by Gasteiger charge is 2.19. The standard InChI is InChI=1S/C11H13BrFN5O/c12-9-6-7(13)2-3-8(9)10(11(14)19)16-4-1-5-17-18-15/h2-3,6,10,16H,1,4-5H2,(H2,14,19). The fraction of sp³-hybridized carbons (Fsp3) is 0.364. The molecule has 0 radical (unpaired) electrons. The summed E-state index contributed by atoms with van der Waals surface area (Å²) in [6.07, 6.45) is 0.576. The Balaban J connectivity index is 2.71. The minimum absolute atomic E-state index is 0.333. The molecule has 1 amide bonds. The van der Waals surface area contributed by atoms with Crippen LogP contribution >= 0.6 is 15.9 Å². The number of rotatable bonds is 7. The summed E-state index contributed by atoms with van der Waals surface area (Å²) < 4.78 is 13.5. The van der Waals surface area contributed by atoms with E-state index in [0.29, 0.717) is 29.5 Å². The first-order chi connectivity index (χ1) is 9.06. The van der Waals surface area contributed by atoms with Gasteiger partial charge in [-0.15, -0.1) is 0 Å². The van der Waals surface area contributed by atoms with Gasteiger partial charge in [-0.1, -0.05) is 27.1 Å². The number of amides is 1. The number of carbonyl (C=O) groups is 1. The zero-order chi connectivity index (χ0) is 14.3. The van der Waals surface area contributed by atoms with Crippen molar-refractivity contribution in [1.82, 2.24) is 5.32 Å². The molecule has 0 spiro atoms. The fourth-order valence-electron chi connectivity index (χ4n) is 1.54. The average molecular weight is 330 g/mol. The Morgan fingerprint density at radius 2 is 2.37 bits per heavy atom. The monoisotopic (exact) mass is 329 g/mol. The van der Waals surface area contributed by atoms with Crippen molar-refractivity contribution in [2.24, 2.45) is 10.8 Å². The summed E-state index contributed by atoms with van der Waals surface area (Å²) in [5.74, 6) is -0.960. The number of primary amides is 1. The molecule has 1 rings (SSSR count). The van der Waals surface area contributed by atoms with Crippen molar-refractivity contribution in [3.8, 4) is 0 Å². The van der Waals surface area contributed by atoms with Gasteiger partial charge in [-0.25, -0.2) is 4.39 Å². The Hall–Kier alpha value is -1.63. The lowest BCUT2D eigenvalue weighted by atomic mass is 10.1. The highest BCUT2D eigenvalue weighted by molar-refractivity contribution is 9.10. The van der Waals surface area contributed by atoms with Gasteiger partial charge in [0.25, 0.3) is 0 Å². The van der Waals surface area contributed by atoms with E-state index in [1.807, 2.05) is 0 Å². The number of azide groups is 1. The predicted molar refractivity (Wildman–Crippen MR) is 72.7 cm³/mol. The van der Waals surface area contributed by atoms with Crippen molar-refractivity contribution in [1.29, 1.82) is 0 Å². The maximum atomic E-state index is 13.0. The maximum Gasteiger partial charge on any atom is 0.239 e. The Morgan fingerprint density at radius 1 is 1.63 bits per heavy atom. The lowest BCUT2D eigenvalue weighted by Crippen LogP contribution is -2.34. The summed E-state index contributed by atoms with van der Waals surface area (Å²) in [4.78, 5) is 14.0. The summed E-state index contributed by atoms with van der Waals surface area (Å²) in [7, 11) is 0. The van der Waals surface area contributed by atoms with Crippen LogP contribution in [0.4, 0.5) is 4.39 Å². The average Bonchev–Trinajstić information content (AvgIpc) is 2.35. The van der Waals surface area contributed by atoms with Crippen LogP contribution in [0.15, 0.2) is 27.8 Å². The van der Waals surface area contributed by atoms with Crippen LogP contribution in [0.5, 0.6) is 0 Å². The van der Waals surface area contributed by atoms with Crippen LogP contribution in [0.2, 0.25) is 0 Å². The quantitative estimate of drug-likeness (QED) is 0.347. The van der Waals surface area contributed by atoms with Crippen LogP contribution < -0.4 is 11.1 Å². The van der Waals surface area contributed by atoms with Gasteiger partial charge in [0, 0.05) is 15.9 Å². The van der Waals surface area contributed by atoms with Gasteiger partial charge in [-0.05, 0) is 36.2 Å². The van der Waals surface area contributed by atoms with Gasteiger partial charge in [-0.2, -0.15) is 0 Å². The van der Waals surface area contributed by atoms with E-state index in [1.165, 1.54) is 18.2 Å². The number of hydrogen-bond donors (Lipinski definition) is 2. The second-order valence-electron chi connectivity index (χ2n) is 3.76. The molecule has 0 aliphatic rings. The molecule has 0 heterocycles. The van der Waals surface area contributed by atoms with Crippen molar-refractivity contribution in [2.75, 3.05) is 13.1 Å². The predicted octanol–water partition coefficient (Wildman–Crippen LogP) is 2.40. The molecule has 1 aromatic carbocycles. The molecule has 19 heavy (non-hydrogen) atoms. The van der Waals surface area contributed by atoms with E-state index < -0.39 is 17.8 Å². The minimum Gasteiger partial charge on any atom is -0.368 e. The minimum atomic E-state index is -0.721. The zero-order valence-electron chi connectivity index (χ0n) is 10.0. The molecular formula is C11H13BrFN5O. The van der Waals surface area contributed by atoms with E-state index in [2.05, 4.69) is 31.3 Å². The van der Waals surface area contributed by atoms with E-state index in [-0.39, 0.29) is 0 Å². The first kappa shape index (κ1) is 15.4. The smallest absolute Gasteiger partial charge is 0.239 e. The van der Waals surface area contributed by atoms with Crippen LogP contribution in [0.3, 0.4) is 0 Å². The van der Waals surface area contributed by atoms with Gasteiger partial charge in [0.1, 0.15) is 11.9 Å². The first-order valence-electron chi connectivity index (χ1n) is 5.54. The van der Waals surface area contributed by atoms with Crippen molar-refractivity contribution in [3.63, 3.8) is 0 Å². The van der Waals surface area contributed by atoms with E-state index in [9.17, 15) is 9.18 Å². The van der Waals surface area contributed by atoms with Gasteiger partial charge >= 0.3 is 0 Å². The van der Waals surface area contributed by atoms with Crippen LogP contribution in [-0.2, 0) is 4.79 Å². The SMILES string of the molecule is [N-]=[N+]=NCCCNC(C(N)=O)c1ccc(F)cc1Br. The molecule has 3 N–H and O–H groups in total. The van der Waals surface area contributed by atoms with Gasteiger partial charge in [0.15, 0.2) is 0 Å². The number of nitrogens with one attached hydrogen (secondary N) is 1. The van der Waals surface area contributed by atoms with Crippen molar-refractivity contribution < 1.29 is 9.18 Å². The van der Waals surface area contributed by atoms with Gasteiger partial charge in [0.05, 0.1) is 0 Å². The number of halogens is 2. The molecule has 1 atom stereocenters. The van der Waals surface area contributed by atoms with Gasteiger partial charge in [0.2, 0.25) is 5.91 Å². The van der Waals surface area contributed by atoms with E-state index in [1.54, 1.807) is 0 Å². The highest BCUT2D eigenvalue weighted by atomic mass is 79.9. The van der Waals surface area contributed by atoms with Crippen LogP contribution in [0.1, 0.15) is 18.0 Å². The van der Waals surface area contributed by atoms with Gasteiger partial charge in [-0.3, -0.25) is 4.79 Å². The van der Waals surface area contributed by atoms with Gasteiger partial charge < -0.3 is 11.1 Å². The fourth-order valence-corrected chi connectivity index (χ4v) is 2.12. The van der Waals surface area contributed by atoms with Crippen molar-refractivity contribution in [3.05, 3.63) is 44.5 Å². The molecule has 6 nitrogen and oxygen atoms in total. The summed E-state index contributed by atoms with van der Waals surface area (Å²) in [6, 6.07) is 3.31. The summed E-state index contributed by atoms with van der Waals surface area (Å²) in [6.45, 7) is 0.788. The van der Waals surface area contributed by atoms with Crippen LogP contribution in [0, 0.1) is 5.82 Å². The molecule has 1 unspecified atom stereocenters. The lowest BCUT2D eigenvalue weighted by Gasteiger charge is -2.17. The molecule has 0 aromatic heterocycles. The van der Waals surface area contributed by atoms with E-state index >= 15 is 0 Å². The highest BCUT2D eigenvalue weighted by Crippen LogP contribution is 2.24. The second kappa shape index (κ2) is 7.73. The molecule has 0 bridgehead atoms. The molecule has 0 aliphatic carbocycles. The van der Waals surface area contributed by atoms with E-state index in [4.69, 9.17) is 11.3 Å². The van der Waals surface area contributed by atoms with Crippen molar-refractivity contribution >= 4 is 21.8 Å². The normalized spacial score (nSPS) is 11.7. The van der Waals surface area contributed by atoms with Crippen molar-refractivity contribution in [2.45, 2.75) is 12.5 Å². The molecule has 0 saturated carbocycles. The second-order valence-corrected chi connectivity index (χ2v) is 4.62. The Morgan fingerprint density at radius 3 is 2.95 bits per heavy atom. The molecule has 1 aromatic rings. The molecule has 0 saturated heterocycles. The number of nitrogens with zero attached hydrogens (tertiary/aromatic N) is 3. The number of nitrogens with two attached hydrogens (primary N) is 1. The number of hydrogen-bond acceptors (Lipinski definition) is 3. The van der Waals surface area contributed by atoms with Crippen LogP contribution in [0.25, 0.3) is 10.4 Å². The number of benzene rings is 1. The van der Waals surface area contributed by atoms with E-state index in [0.717, 1.165) is 0 Å². The number of carbonyl (C=O) groups excluding carboxylic acids is 1. The Labute approximate surface area is 117 Å². The maximum absolute atomic E-state index is 13.0. The molecule has 0 fully saturated rings. The summed E-state index contributed by atoms with van der Waals surface area (Å²) in [5.41, 5.74) is 14.0. The molecular weight excluding hydrogens is 317 g/mol.